The van der Waals surface area contributed by atoms with Crippen LogP contribution in [-0.2, 0) is 10.0 Å². The average Bonchev–Trinajstić information content (AvgIpc) is 2.58. The monoisotopic (exact) mass is 332 g/mol. The molecule has 6 nitrogen and oxygen atoms in total. The van der Waals surface area contributed by atoms with E-state index in [0.29, 0.717) is 31.1 Å². The van der Waals surface area contributed by atoms with Crippen LogP contribution in [0.15, 0.2) is 41.4 Å². The summed E-state index contributed by atoms with van der Waals surface area (Å²) in [5.41, 5.74) is 1.74. The Kier molecular flexibility index (Phi) is 4.32. The highest BCUT2D eigenvalue weighted by molar-refractivity contribution is 7.89. The molecule has 1 aliphatic heterocycles. The number of rotatable bonds is 3. The predicted molar refractivity (Wildman–Crippen MR) is 88.9 cm³/mol. The highest BCUT2D eigenvalue weighted by Gasteiger charge is 2.30. The van der Waals surface area contributed by atoms with E-state index in [-0.39, 0.29) is 0 Å². The quantitative estimate of drug-likeness (QED) is 0.854. The molecular weight excluding hydrogens is 312 g/mol. The molecule has 2 aromatic rings. The van der Waals surface area contributed by atoms with Gasteiger partial charge in [-0.25, -0.2) is 8.42 Å². The van der Waals surface area contributed by atoms with Gasteiger partial charge in [-0.2, -0.15) is 9.40 Å². The molecule has 1 aromatic carbocycles. The van der Waals surface area contributed by atoms with Crippen molar-refractivity contribution in [2.75, 3.05) is 31.1 Å². The zero-order valence-electron chi connectivity index (χ0n) is 13.3. The van der Waals surface area contributed by atoms with Gasteiger partial charge < -0.3 is 4.90 Å². The summed E-state index contributed by atoms with van der Waals surface area (Å²) < 4.78 is 27.3. The van der Waals surface area contributed by atoms with Gasteiger partial charge in [0.25, 0.3) is 0 Å². The SMILES string of the molecule is Cc1ccc(C)c(S(=O)(=O)N2CCN(c3cccnn3)CC2)c1. The number of hydrogen-bond donors (Lipinski definition) is 0. The van der Waals surface area contributed by atoms with Crippen LogP contribution in [0.2, 0.25) is 0 Å². The van der Waals surface area contributed by atoms with Crippen LogP contribution in [-0.4, -0.2) is 49.1 Å². The lowest BCUT2D eigenvalue weighted by Gasteiger charge is -2.34. The van der Waals surface area contributed by atoms with Gasteiger partial charge in [-0.15, -0.1) is 5.10 Å². The minimum absolute atomic E-state index is 0.408. The van der Waals surface area contributed by atoms with Crippen molar-refractivity contribution < 1.29 is 8.42 Å². The fourth-order valence-corrected chi connectivity index (χ4v) is 4.48. The average molecular weight is 332 g/mol. The summed E-state index contributed by atoms with van der Waals surface area (Å²) in [6.07, 6.45) is 1.63. The number of hydrogen-bond acceptors (Lipinski definition) is 5. The van der Waals surface area contributed by atoms with E-state index in [2.05, 4.69) is 15.1 Å². The molecule has 0 amide bonds. The Balaban J connectivity index is 1.78. The van der Waals surface area contributed by atoms with Gasteiger partial charge in [0.15, 0.2) is 5.82 Å². The third kappa shape index (κ3) is 3.20. The first-order valence-corrected chi connectivity index (χ1v) is 9.02. The van der Waals surface area contributed by atoms with E-state index in [9.17, 15) is 8.42 Å². The lowest BCUT2D eigenvalue weighted by Crippen LogP contribution is -2.49. The second-order valence-corrected chi connectivity index (χ2v) is 7.65. The molecule has 0 spiro atoms. The lowest BCUT2D eigenvalue weighted by atomic mass is 10.2. The van der Waals surface area contributed by atoms with E-state index >= 15 is 0 Å². The number of sulfonamides is 1. The Morgan fingerprint density at radius 1 is 1.04 bits per heavy atom. The Labute approximate surface area is 136 Å². The Morgan fingerprint density at radius 3 is 2.43 bits per heavy atom. The summed E-state index contributed by atoms with van der Waals surface area (Å²) in [5.74, 6) is 0.788. The van der Waals surface area contributed by atoms with Gasteiger partial charge in [-0.3, -0.25) is 0 Å². The summed E-state index contributed by atoms with van der Waals surface area (Å²) in [7, 11) is -3.45. The molecule has 1 aromatic heterocycles. The molecule has 1 fully saturated rings. The summed E-state index contributed by atoms with van der Waals surface area (Å²) >= 11 is 0. The number of aryl methyl sites for hydroxylation is 2. The molecule has 0 bridgehead atoms. The molecule has 0 saturated carbocycles. The molecule has 0 atom stereocenters. The molecule has 0 radical (unpaired) electrons. The second-order valence-electron chi connectivity index (χ2n) is 5.74. The number of piperazine rings is 1. The first-order valence-electron chi connectivity index (χ1n) is 7.58. The van der Waals surface area contributed by atoms with E-state index in [1.54, 1.807) is 16.6 Å². The van der Waals surface area contributed by atoms with Gasteiger partial charge in [0.1, 0.15) is 0 Å². The summed E-state index contributed by atoms with van der Waals surface area (Å²) in [6.45, 7) is 5.87. The van der Waals surface area contributed by atoms with E-state index in [1.807, 2.05) is 38.1 Å². The highest BCUT2D eigenvalue weighted by Crippen LogP contribution is 2.23. The molecule has 0 N–H and O–H groups in total. The van der Waals surface area contributed by atoms with E-state index in [4.69, 9.17) is 0 Å². The van der Waals surface area contributed by atoms with Gasteiger partial charge in [0, 0.05) is 32.4 Å². The molecule has 122 valence electrons. The van der Waals surface area contributed by atoms with Crippen LogP contribution in [0.3, 0.4) is 0 Å². The van der Waals surface area contributed by atoms with Crippen LogP contribution in [0.4, 0.5) is 5.82 Å². The van der Waals surface area contributed by atoms with Gasteiger partial charge >= 0.3 is 0 Å². The fraction of sp³-hybridized carbons (Fsp3) is 0.375. The topological polar surface area (TPSA) is 66.4 Å². The zero-order valence-corrected chi connectivity index (χ0v) is 14.1. The largest absolute Gasteiger partial charge is 0.352 e. The number of aromatic nitrogens is 2. The van der Waals surface area contributed by atoms with Gasteiger partial charge in [0.05, 0.1) is 4.90 Å². The molecular formula is C16H20N4O2S. The van der Waals surface area contributed by atoms with E-state index in [0.717, 1.165) is 16.9 Å². The Morgan fingerprint density at radius 2 is 1.78 bits per heavy atom. The normalized spacial score (nSPS) is 16.5. The van der Waals surface area contributed by atoms with Crippen molar-refractivity contribution in [2.45, 2.75) is 18.7 Å². The van der Waals surface area contributed by atoms with Crippen molar-refractivity contribution in [1.82, 2.24) is 14.5 Å². The van der Waals surface area contributed by atoms with Crippen molar-refractivity contribution in [2.24, 2.45) is 0 Å². The predicted octanol–water partition coefficient (Wildman–Crippen LogP) is 1.60. The van der Waals surface area contributed by atoms with Gasteiger partial charge in [0.2, 0.25) is 10.0 Å². The first kappa shape index (κ1) is 15.9. The Hall–Kier alpha value is -1.99. The first-order chi connectivity index (χ1) is 11.0. The minimum atomic E-state index is -3.45. The minimum Gasteiger partial charge on any atom is -0.352 e. The number of benzene rings is 1. The summed E-state index contributed by atoms with van der Waals surface area (Å²) in [4.78, 5) is 2.47. The van der Waals surface area contributed by atoms with Crippen molar-refractivity contribution in [3.05, 3.63) is 47.7 Å². The third-order valence-corrected chi connectivity index (χ3v) is 6.12. The maximum atomic E-state index is 12.9. The van der Waals surface area contributed by atoms with E-state index < -0.39 is 10.0 Å². The molecule has 1 aliphatic rings. The lowest BCUT2D eigenvalue weighted by molar-refractivity contribution is 0.383. The van der Waals surface area contributed by atoms with Crippen LogP contribution >= 0.6 is 0 Å². The van der Waals surface area contributed by atoms with Crippen molar-refractivity contribution in [3.8, 4) is 0 Å². The number of anilines is 1. The van der Waals surface area contributed by atoms with E-state index in [1.165, 1.54) is 0 Å². The number of nitrogens with zero attached hydrogens (tertiary/aromatic N) is 4. The third-order valence-electron chi connectivity index (χ3n) is 4.08. The smallest absolute Gasteiger partial charge is 0.243 e. The van der Waals surface area contributed by atoms with Crippen molar-refractivity contribution in [3.63, 3.8) is 0 Å². The molecule has 23 heavy (non-hydrogen) atoms. The van der Waals surface area contributed by atoms with Crippen LogP contribution < -0.4 is 4.90 Å². The Bertz CT molecular complexity index is 785. The molecule has 1 saturated heterocycles. The second kappa shape index (κ2) is 6.25. The zero-order chi connectivity index (χ0) is 16.4. The summed E-state index contributed by atoms with van der Waals surface area (Å²) in [5, 5.41) is 7.95. The fourth-order valence-electron chi connectivity index (χ4n) is 2.74. The van der Waals surface area contributed by atoms with Crippen LogP contribution in [0.5, 0.6) is 0 Å². The van der Waals surface area contributed by atoms with Crippen molar-refractivity contribution in [1.29, 1.82) is 0 Å². The molecule has 0 aliphatic carbocycles. The van der Waals surface area contributed by atoms with Crippen molar-refractivity contribution >= 4 is 15.8 Å². The maximum Gasteiger partial charge on any atom is 0.243 e. The van der Waals surface area contributed by atoms with Crippen LogP contribution in [0.25, 0.3) is 0 Å². The summed E-state index contributed by atoms with van der Waals surface area (Å²) in [6, 6.07) is 9.27. The van der Waals surface area contributed by atoms with Crippen LogP contribution in [0, 0.1) is 13.8 Å². The standard InChI is InChI=1S/C16H20N4O2S/c1-13-5-6-14(2)15(12-13)23(21,22)20-10-8-19(9-11-20)16-4-3-7-17-18-16/h3-7,12H,8-11H2,1-2H3. The molecule has 7 heteroatoms. The van der Waals surface area contributed by atoms with Gasteiger partial charge in [-0.1, -0.05) is 12.1 Å². The van der Waals surface area contributed by atoms with Gasteiger partial charge in [-0.05, 0) is 43.2 Å². The molecule has 2 heterocycles. The maximum absolute atomic E-state index is 12.9. The van der Waals surface area contributed by atoms with Crippen LogP contribution in [0.1, 0.15) is 11.1 Å². The highest BCUT2D eigenvalue weighted by atomic mass is 32.2. The molecule has 0 unspecified atom stereocenters. The molecule has 3 rings (SSSR count).